The minimum atomic E-state index is -0.595. The van der Waals surface area contributed by atoms with Crippen molar-refractivity contribution in [1.82, 2.24) is 0 Å². The van der Waals surface area contributed by atoms with Crippen LogP contribution in [-0.2, 0) is 27.7 Å². The SMILES string of the molecule is C(C=Cc1ccccc1)=Cc1ccccc1.CC1=C[CH]([Zr][CH]2C=C(C)c3ccccc32)c2ccccc21.CCO[SiH2]C. The molecule has 3 heteroatoms. The van der Waals surface area contributed by atoms with Crippen LogP contribution >= 0.6 is 0 Å². The van der Waals surface area contributed by atoms with Gasteiger partial charge in [-0.2, -0.15) is 0 Å². The van der Waals surface area contributed by atoms with E-state index in [0.717, 1.165) is 13.9 Å². The molecule has 1 nitrogen and oxygen atoms in total. The Morgan fingerprint density at radius 3 is 1.40 bits per heavy atom. The Bertz CT molecular complexity index is 1400. The molecule has 0 saturated heterocycles. The van der Waals surface area contributed by atoms with Gasteiger partial charge in [-0.3, -0.25) is 0 Å². The average molecular weight is 646 g/mol. The minimum absolute atomic E-state index is 0.0860. The Hall–Kier alpha value is -3.10. The van der Waals surface area contributed by atoms with Crippen LogP contribution < -0.4 is 0 Å². The van der Waals surface area contributed by atoms with Gasteiger partial charge in [-0.05, 0) is 18.1 Å². The van der Waals surface area contributed by atoms with Gasteiger partial charge in [-0.25, -0.2) is 0 Å². The van der Waals surface area contributed by atoms with Crippen LogP contribution in [0.25, 0.3) is 23.3 Å². The van der Waals surface area contributed by atoms with Crippen molar-refractivity contribution >= 4 is 33.1 Å². The van der Waals surface area contributed by atoms with E-state index in [1.54, 1.807) is 11.1 Å². The zero-order valence-electron chi connectivity index (χ0n) is 25.3. The van der Waals surface area contributed by atoms with E-state index < -0.39 is 23.2 Å². The van der Waals surface area contributed by atoms with E-state index in [4.69, 9.17) is 4.43 Å². The first-order valence-electron chi connectivity index (χ1n) is 14.9. The van der Waals surface area contributed by atoms with E-state index in [1.165, 1.54) is 33.4 Å². The van der Waals surface area contributed by atoms with Crippen LogP contribution in [0.15, 0.2) is 133 Å². The first kappa shape index (κ1) is 31.8. The summed E-state index contributed by atoms with van der Waals surface area (Å²) in [4.78, 5) is 0. The third kappa shape index (κ3) is 9.20. The van der Waals surface area contributed by atoms with E-state index in [0.29, 0.717) is 0 Å². The van der Waals surface area contributed by atoms with Crippen LogP contribution in [0.5, 0.6) is 0 Å². The first-order valence-corrected chi connectivity index (χ1v) is 19.8. The van der Waals surface area contributed by atoms with Gasteiger partial charge < -0.3 is 4.43 Å². The zero-order chi connectivity index (χ0) is 29.6. The number of fused-ring (bicyclic) bond motifs is 2. The van der Waals surface area contributed by atoms with Crippen LogP contribution in [0.1, 0.15) is 61.4 Å². The topological polar surface area (TPSA) is 9.23 Å². The molecule has 6 rings (SSSR count). The van der Waals surface area contributed by atoms with Gasteiger partial charge in [-0.1, -0.05) is 91.5 Å². The van der Waals surface area contributed by atoms with E-state index in [1.807, 2.05) is 43.3 Å². The van der Waals surface area contributed by atoms with Crippen molar-refractivity contribution in [3.05, 3.63) is 167 Å². The van der Waals surface area contributed by atoms with E-state index >= 15 is 0 Å². The van der Waals surface area contributed by atoms with Crippen molar-refractivity contribution in [2.75, 3.05) is 6.61 Å². The summed E-state index contributed by atoms with van der Waals surface area (Å²) in [6.45, 7) is 9.59. The van der Waals surface area contributed by atoms with E-state index in [2.05, 4.69) is 130 Å². The van der Waals surface area contributed by atoms with Crippen molar-refractivity contribution < 1.29 is 27.7 Å². The number of rotatable bonds is 7. The Balaban J connectivity index is 0.000000171. The molecule has 0 amide bonds. The smallest absolute Gasteiger partial charge is 0.158 e. The molecule has 0 bridgehead atoms. The fourth-order valence-electron chi connectivity index (χ4n) is 5.25. The molecule has 2 unspecified atom stereocenters. The Kier molecular flexibility index (Phi) is 13.0. The molecule has 212 valence electrons. The van der Waals surface area contributed by atoms with Gasteiger partial charge in [0.15, 0.2) is 9.76 Å². The van der Waals surface area contributed by atoms with Gasteiger partial charge in [0.25, 0.3) is 0 Å². The summed E-state index contributed by atoms with van der Waals surface area (Å²) < 4.78 is 6.43. The molecule has 4 aromatic rings. The Morgan fingerprint density at radius 1 is 0.619 bits per heavy atom. The largest absolute Gasteiger partial charge is 0.425 e. The average Bonchev–Trinajstić information content (AvgIpc) is 3.53. The molecule has 0 aromatic heterocycles. The van der Waals surface area contributed by atoms with Crippen LogP contribution in [0, 0.1) is 0 Å². The van der Waals surface area contributed by atoms with Gasteiger partial charge in [-0.15, -0.1) is 0 Å². The number of hydrogen-bond donors (Lipinski definition) is 0. The molecular formula is C39H42OSiZr. The molecule has 0 radical (unpaired) electrons. The van der Waals surface area contributed by atoms with Crippen LogP contribution in [0.2, 0.25) is 6.55 Å². The van der Waals surface area contributed by atoms with Gasteiger partial charge in [0.05, 0.1) is 0 Å². The van der Waals surface area contributed by atoms with Crippen LogP contribution in [-0.4, -0.2) is 16.4 Å². The predicted molar refractivity (Wildman–Crippen MR) is 183 cm³/mol. The maximum atomic E-state index is 4.97. The van der Waals surface area contributed by atoms with E-state index in [9.17, 15) is 0 Å². The summed E-state index contributed by atoms with van der Waals surface area (Å²) in [5, 5.41) is 0. The van der Waals surface area contributed by atoms with Crippen molar-refractivity contribution in [3.8, 4) is 0 Å². The zero-order valence-corrected chi connectivity index (χ0v) is 29.2. The quantitative estimate of drug-likeness (QED) is 0.144. The molecule has 0 N–H and O–H groups in total. The summed E-state index contributed by atoms with van der Waals surface area (Å²) in [6.07, 6.45) is 13.4. The number of allylic oxidation sites excluding steroid dienone is 6. The molecule has 0 aliphatic heterocycles. The van der Waals surface area contributed by atoms with Gasteiger partial charge in [0.2, 0.25) is 0 Å². The molecule has 42 heavy (non-hydrogen) atoms. The van der Waals surface area contributed by atoms with E-state index in [-0.39, 0.29) is 9.76 Å². The second-order valence-corrected chi connectivity index (χ2v) is 15.2. The van der Waals surface area contributed by atoms with Crippen molar-refractivity contribution in [2.45, 2.75) is 34.6 Å². The number of benzene rings is 4. The summed E-state index contributed by atoms with van der Waals surface area (Å²) in [6, 6.07) is 38.5. The van der Waals surface area contributed by atoms with Crippen LogP contribution in [0.3, 0.4) is 0 Å². The van der Waals surface area contributed by atoms with Crippen molar-refractivity contribution in [2.24, 2.45) is 0 Å². The molecule has 2 aliphatic rings. The molecule has 2 atom stereocenters. The second kappa shape index (κ2) is 17.1. The second-order valence-electron chi connectivity index (χ2n) is 10.3. The molecule has 2 aliphatic carbocycles. The molecule has 0 heterocycles. The maximum Gasteiger partial charge on any atom is 0.158 e. The third-order valence-electron chi connectivity index (χ3n) is 7.33. The molecule has 4 aromatic carbocycles. The summed E-state index contributed by atoms with van der Waals surface area (Å²) in [7, 11) is -0.0860. The Morgan fingerprint density at radius 2 is 1.02 bits per heavy atom. The molecule has 0 spiro atoms. The summed E-state index contributed by atoms with van der Waals surface area (Å²) in [5.74, 6) is 0. The molecule has 0 saturated carbocycles. The summed E-state index contributed by atoms with van der Waals surface area (Å²) >= 11 is -0.595. The predicted octanol–water partition coefficient (Wildman–Crippen LogP) is 9.95. The molecule has 0 fully saturated rings. The number of hydrogen-bond acceptors (Lipinski definition) is 1. The minimum Gasteiger partial charge on any atom is -0.425 e. The standard InChI is InChI=1S/C16H14.2C10H9.C3H10OSi.Zr/c1-3-9-15(10-4-1)13-7-8-14-16-11-5-2-6-12-16;2*1-8-6-7-9-4-2-3-5-10(8)9;1-3-4-5-2;/h1-14H;2*2-7H,1H3;3,5H2,1-2H3;. The van der Waals surface area contributed by atoms with Crippen molar-refractivity contribution in [1.29, 1.82) is 0 Å². The third-order valence-corrected chi connectivity index (χ3v) is 12.3. The summed E-state index contributed by atoms with van der Waals surface area (Å²) in [5.41, 5.74) is 11.5. The fourth-order valence-corrected chi connectivity index (χ4v) is 10.4. The fraction of sp³-hybridized carbons (Fsp3) is 0.179. The van der Waals surface area contributed by atoms with Gasteiger partial charge in [0, 0.05) is 6.61 Å². The normalized spacial score (nSPS) is 16.8. The van der Waals surface area contributed by atoms with Gasteiger partial charge >= 0.3 is 138 Å². The Labute approximate surface area is 267 Å². The maximum absolute atomic E-state index is 4.97. The van der Waals surface area contributed by atoms with Crippen molar-refractivity contribution in [3.63, 3.8) is 0 Å². The molecular weight excluding hydrogens is 604 g/mol. The monoisotopic (exact) mass is 644 g/mol. The van der Waals surface area contributed by atoms with Gasteiger partial charge in [0.1, 0.15) is 0 Å². The first-order chi connectivity index (χ1) is 20.6. The van der Waals surface area contributed by atoms with Crippen LogP contribution in [0.4, 0.5) is 0 Å².